The van der Waals surface area contributed by atoms with E-state index in [4.69, 9.17) is 11.6 Å². The van der Waals surface area contributed by atoms with E-state index in [0.29, 0.717) is 16.6 Å². The third-order valence-electron chi connectivity index (χ3n) is 5.23. The summed E-state index contributed by atoms with van der Waals surface area (Å²) in [6.45, 7) is 5.46. The first-order chi connectivity index (χ1) is 11.1. The van der Waals surface area contributed by atoms with E-state index < -0.39 is 0 Å². The van der Waals surface area contributed by atoms with Crippen LogP contribution < -0.4 is 5.32 Å². The van der Waals surface area contributed by atoms with Crippen LogP contribution in [0.5, 0.6) is 0 Å². The molecule has 1 aliphatic carbocycles. The van der Waals surface area contributed by atoms with Crippen LogP contribution in [0.4, 0.5) is 0 Å². The number of hydrogen-bond acceptors (Lipinski definition) is 3. The van der Waals surface area contributed by atoms with Crippen molar-refractivity contribution in [2.24, 2.45) is 18.9 Å². The molecule has 2 atom stereocenters. The molecule has 1 saturated heterocycles. The van der Waals surface area contributed by atoms with Gasteiger partial charge in [-0.1, -0.05) is 31.4 Å². The molecule has 2 unspecified atom stereocenters. The van der Waals surface area contributed by atoms with E-state index in [1.807, 2.05) is 0 Å². The Morgan fingerprint density at radius 2 is 2.22 bits per heavy atom. The number of carbonyl (C=O) groups excluding carboxylic acids is 1. The summed E-state index contributed by atoms with van der Waals surface area (Å²) in [5, 5.41) is 7.77. The lowest BCUT2D eigenvalue weighted by Gasteiger charge is -2.30. The van der Waals surface area contributed by atoms with Crippen molar-refractivity contribution >= 4 is 17.5 Å². The Kier molecular flexibility index (Phi) is 5.27. The van der Waals surface area contributed by atoms with Gasteiger partial charge in [0, 0.05) is 38.9 Å². The van der Waals surface area contributed by atoms with Gasteiger partial charge in [-0.25, -0.2) is 0 Å². The highest BCUT2D eigenvalue weighted by atomic mass is 35.5. The van der Waals surface area contributed by atoms with Crippen LogP contribution >= 0.6 is 11.6 Å². The number of aryl methyl sites for hydroxylation is 1. The summed E-state index contributed by atoms with van der Waals surface area (Å²) in [6, 6.07) is 0.209. The van der Waals surface area contributed by atoms with Gasteiger partial charge in [-0.15, -0.1) is 0 Å². The van der Waals surface area contributed by atoms with Gasteiger partial charge in [0.25, 0.3) is 5.91 Å². The topological polar surface area (TPSA) is 50.2 Å². The van der Waals surface area contributed by atoms with Gasteiger partial charge >= 0.3 is 0 Å². The summed E-state index contributed by atoms with van der Waals surface area (Å²) in [4.78, 5) is 15.0. The van der Waals surface area contributed by atoms with Crippen molar-refractivity contribution < 1.29 is 4.79 Å². The third kappa shape index (κ3) is 3.89. The number of nitrogens with zero attached hydrogens (tertiary/aromatic N) is 3. The highest BCUT2D eigenvalue weighted by molar-refractivity contribution is 6.33. The van der Waals surface area contributed by atoms with E-state index >= 15 is 0 Å². The molecule has 1 aliphatic heterocycles. The van der Waals surface area contributed by atoms with Gasteiger partial charge in [-0.3, -0.25) is 9.48 Å². The summed E-state index contributed by atoms with van der Waals surface area (Å²) in [6.07, 6.45) is 8.10. The predicted molar refractivity (Wildman–Crippen MR) is 91.7 cm³/mol. The molecule has 0 bridgehead atoms. The van der Waals surface area contributed by atoms with Gasteiger partial charge in [0.1, 0.15) is 0 Å². The van der Waals surface area contributed by atoms with Crippen molar-refractivity contribution in [1.82, 2.24) is 20.0 Å². The number of hydrogen-bond donors (Lipinski definition) is 1. The quantitative estimate of drug-likeness (QED) is 0.867. The van der Waals surface area contributed by atoms with Crippen LogP contribution in [0.15, 0.2) is 6.20 Å². The van der Waals surface area contributed by atoms with Crippen LogP contribution in [-0.2, 0) is 7.05 Å². The number of carbonyl (C=O) groups is 1. The van der Waals surface area contributed by atoms with E-state index in [1.165, 1.54) is 25.8 Å². The lowest BCUT2D eigenvalue weighted by molar-refractivity contribution is 0.0923. The minimum Gasteiger partial charge on any atom is -0.346 e. The average molecular weight is 339 g/mol. The Morgan fingerprint density at radius 3 is 2.78 bits per heavy atom. The maximum absolute atomic E-state index is 12.5. The Morgan fingerprint density at radius 1 is 1.43 bits per heavy atom. The predicted octanol–water partition coefficient (Wildman–Crippen LogP) is 2.70. The van der Waals surface area contributed by atoms with Crippen LogP contribution in [0.1, 0.15) is 49.5 Å². The zero-order valence-electron chi connectivity index (χ0n) is 14.1. The molecule has 0 radical (unpaired) electrons. The molecule has 0 spiro atoms. The fraction of sp³-hybridized carbons (Fsp3) is 0.765. The van der Waals surface area contributed by atoms with Crippen molar-refractivity contribution in [2.45, 2.75) is 45.1 Å². The SMILES string of the molecule is CCCC1CN(CC2CCC2)CC1NC(=O)c1nn(C)cc1Cl. The van der Waals surface area contributed by atoms with Crippen LogP contribution in [0, 0.1) is 11.8 Å². The first-order valence-electron chi connectivity index (χ1n) is 8.79. The van der Waals surface area contributed by atoms with Crippen molar-refractivity contribution in [3.05, 3.63) is 16.9 Å². The highest BCUT2D eigenvalue weighted by Gasteiger charge is 2.35. The van der Waals surface area contributed by atoms with Crippen LogP contribution in [-0.4, -0.2) is 46.3 Å². The molecule has 2 fully saturated rings. The van der Waals surface area contributed by atoms with Crippen molar-refractivity contribution in [2.75, 3.05) is 19.6 Å². The number of halogens is 1. The number of aromatic nitrogens is 2. The van der Waals surface area contributed by atoms with Gasteiger partial charge in [0.2, 0.25) is 0 Å². The maximum Gasteiger partial charge on any atom is 0.273 e. The first kappa shape index (κ1) is 16.8. The second kappa shape index (κ2) is 7.22. The van der Waals surface area contributed by atoms with Gasteiger partial charge < -0.3 is 10.2 Å². The molecule has 1 saturated carbocycles. The molecule has 128 valence electrons. The van der Waals surface area contributed by atoms with Crippen LogP contribution in [0.2, 0.25) is 5.02 Å². The Hall–Kier alpha value is -1.07. The zero-order chi connectivity index (χ0) is 16.4. The van der Waals surface area contributed by atoms with E-state index in [-0.39, 0.29) is 11.9 Å². The molecular formula is C17H27ClN4O. The Balaban J connectivity index is 1.61. The van der Waals surface area contributed by atoms with Crippen molar-refractivity contribution in [1.29, 1.82) is 0 Å². The molecule has 1 aromatic rings. The molecule has 5 nitrogen and oxygen atoms in total. The normalized spacial score (nSPS) is 25.5. The highest BCUT2D eigenvalue weighted by Crippen LogP contribution is 2.30. The monoisotopic (exact) mass is 338 g/mol. The molecule has 1 N–H and O–H groups in total. The lowest BCUT2D eigenvalue weighted by atomic mass is 9.85. The molecule has 0 aromatic carbocycles. The Labute approximate surface area is 143 Å². The van der Waals surface area contributed by atoms with Crippen LogP contribution in [0.3, 0.4) is 0 Å². The van der Waals surface area contributed by atoms with Gasteiger partial charge in [-0.2, -0.15) is 5.10 Å². The fourth-order valence-electron chi connectivity index (χ4n) is 3.83. The zero-order valence-corrected chi connectivity index (χ0v) is 14.9. The van der Waals surface area contributed by atoms with Gasteiger partial charge in [0.15, 0.2) is 5.69 Å². The minimum absolute atomic E-state index is 0.146. The average Bonchev–Trinajstić information content (AvgIpc) is 2.98. The van der Waals surface area contributed by atoms with E-state index in [2.05, 4.69) is 22.2 Å². The minimum atomic E-state index is -0.146. The standard InChI is InChI=1S/C17H27ClN4O/c1-3-5-13-9-22(8-12-6-4-7-12)11-15(13)19-17(23)16-14(18)10-21(2)20-16/h10,12-13,15H,3-9,11H2,1-2H3,(H,19,23). The number of nitrogens with one attached hydrogen (secondary N) is 1. The van der Waals surface area contributed by atoms with E-state index in [1.54, 1.807) is 17.9 Å². The van der Waals surface area contributed by atoms with Crippen LogP contribution in [0.25, 0.3) is 0 Å². The third-order valence-corrected chi connectivity index (χ3v) is 5.51. The summed E-state index contributed by atoms with van der Waals surface area (Å²) < 4.78 is 1.58. The van der Waals surface area contributed by atoms with Gasteiger partial charge in [0.05, 0.1) is 5.02 Å². The second-order valence-corrected chi connectivity index (χ2v) is 7.55. The molecular weight excluding hydrogens is 312 g/mol. The largest absolute Gasteiger partial charge is 0.346 e. The summed E-state index contributed by atoms with van der Waals surface area (Å²) in [5.41, 5.74) is 0.335. The fourth-order valence-corrected chi connectivity index (χ4v) is 4.09. The maximum atomic E-state index is 12.5. The number of amides is 1. The first-order valence-corrected chi connectivity index (χ1v) is 9.17. The second-order valence-electron chi connectivity index (χ2n) is 7.14. The van der Waals surface area contributed by atoms with E-state index in [9.17, 15) is 4.79 Å². The molecule has 2 aliphatic rings. The van der Waals surface area contributed by atoms with Crippen molar-refractivity contribution in [3.63, 3.8) is 0 Å². The molecule has 2 heterocycles. The number of likely N-dealkylation sites (tertiary alicyclic amines) is 1. The molecule has 1 aromatic heterocycles. The lowest BCUT2D eigenvalue weighted by Crippen LogP contribution is -2.41. The molecule has 6 heteroatoms. The number of rotatable bonds is 6. The van der Waals surface area contributed by atoms with Crippen molar-refractivity contribution in [3.8, 4) is 0 Å². The molecule has 23 heavy (non-hydrogen) atoms. The molecule has 3 rings (SSSR count). The smallest absolute Gasteiger partial charge is 0.273 e. The van der Waals surface area contributed by atoms with E-state index in [0.717, 1.165) is 31.8 Å². The molecule has 1 amide bonds. The summed E-state index contributed by atoms with van der Waals surface area (Å²) in [7, 11) is 1.78. The van der Waals surface area contributed by atoms with Gasteiger partial charge in [-0.05, 0) is 31.1 Å². The summed E-state index contributed by atoms with van der Waals surface area (Å²) >= 11 is 6.09. The summed E-state index contributed by atoms with van der Waals surface area (Å²) in [5.74, 6) is 1.26. The Bertz CT molecular complexity index is 555.